The van der Waals surface area contributed by atoms with E-state index >= 15 is 0 Å². The minimum atomic E-state index is -0.523. The van der Waals surface area contributed by atoms with Crippen LogP contribution in [0.3, 0.4) is 0 Å². The van der Waals surface area contributed by atoms with Crippen molar-refractivity contribution < 1.29 is 4.21 Å². The molecular weight excluding hydrogens is 144 g/mol. The van der Waals surface area contributed by atoms with Gasteiger partial charge in [0, 0.05) is 21.8 Å². The lowest BCUT2D eigenvalue weighted by atomic mass is 10.0. The molecule has 2 heteroatoms. The lowest BCUT2D eigenvalue weighted by Gasteiger charge is -2.09. The highest BCUT2D eigenvalue weighted by Gasteiger charge is 2.18. The third-order valence-electron chi connectivity index (χ3n) is 2.23. The topological polar surface area (TPSA) is 17.1 Å². The van der Waals surface area contributed by atoms with Crippen molar-refractivity contribution in [2.75, 3.05) is 5.75 Å². The highest BCUT2D eigenvalue weighted by Crippen LogP contribution is 2.20. The maximum absolute atomic E-state index is 11.3. The van der Waals surface area contributed by atoms with Gasteiger partial charge in [-0.3, -0.25) is 4.21 Å². The van der Waals surface area contributed by atoms with Crippen LogP contribution in [0.1, 0.15) is 33.1 Å². The second-order valence-corrected chi connectivity index (χ2v) is 5.35. The van der Waals surface area contributed by atoms with Gasteiger partial charge in [0.2, 0.25) is 0 Å². The second kappa shape index (κ2) is 3.51. The molecule has 0 N–H and O–H groups in total. The van der Waals surface area contributed by atoms with Crippen molar-refractivity contribution >= 4 is 10.8 Å². The smallest absolute Gasteiger partial charge is 0.0322 e. The van der Waals surface area contributed by atoms with Gasteiger partial charge in [-0.2, -0.15) is 0 Å². The van der Waals surface area contributed by atoms with Crippen molar-refractivity contribution in [3.63, 3.8) is 0 Å². The zero-order valence-electron chi connectivity index (χ0n) is 6.80. The Balaban J connectivity index is 2.49. The van der Waals surface area contributed by atoms with Gasteiger partial charge in [-0.05, 0) is 25.2 Å². The van der Waals surface area contributed by atoms with E-state index in [2.05, 4.69) is 13.8 Å². The molecule has 10 heavy (non-hydrogen) atoms. The summed E-state index contributed by atoms with van der Waals surface area (Å²) in [5.41, 5.74) is 0. The van der Waals surface area contributed by atoms with Gasteiger partial charge < -0.3 is 0 Å². The quantitative estimate of drug-likeness (QED) is 0.529. The molecule has 1 saturated heterocycles. The Morgan fingerprint density at radius 1 is 1.40 bits per heavy atom. The summed E-state index contributed by atoms with van der Waals surface area (Å²) in [4.78, 5) is 0. The normalized spacial score (nSPS) is 42.8. The molecule has 0 bridgehead atoms. The molecule has 1 fully saturated rings. The average Bonchev–Trinajstić information content (AvgIpc) is 1.96. The van der Waals surface area contributed by atoms with Crippen LogP contribution in [0.15, 0.2) is 0 Å². The summed E-state index contributed by atoms with van der Waals surface area (Å²) < 4.78 is 11.3. The molecule has 60 valence electrons. The number of hydrogen-bond acceptors (Lipinski definition) is 1. The monoisotopic (exact) mass is 160 g/mol. The van der Waals surface area contributed by atoms with Gasteiger partial charge in [0.1, 0.15) is 0 Å². The van der Waals surface area contributed by atoms with Crippen LogP contribution in [0.25, 0.3) is 0 Å². The van der Waals surface area contributed by atoms with Gasteiger partial charge in [0.05, 0.1) is 0 Å². The first kappa shape index (κ1) is 8.25. The van der Waals surface area contributed by atoms with Crippen molar-refractivity contribution in [3.8, 4) is 0 Å². The lowest BCUT2D eigenvalue weighted by Crippen LogP contribution is -2.12. The van der Waals surface area contributed by atoms with Gasteiger partial charge in [0.15, 0.2) is 0 Å². The highest BCUT2D eigenvalue weighted by atomic mass is 32.2. The van der Waals surface area contributed by atoms with E-state index in [4.69, 9.17) is 0 Å². The Bertz CT molecular complexity index is 133. The van der Waals surface area contributed by atoms with Crippen LogP contribution >= 0.6 is 0 Å². The molecule has 1 heterocycles. The van der Waals surface area contributed by atoms with E-state index < -0.39 is 10.8 Å². The lowest BCUT2D eigenvalue weighted by molar-refractivity contribution is 0.496. The van der Waals surface area contributed by atoms with Crippen LogP contribution in [0, 0.1) is 5.92 Å². The molecule has 0 spiro atoms. The molecule has 3 unspecified atom stereocenters. The Kier molecular flexibility index (Phi) is 2.90. The third kappa shape index (κ3) is 2.08. The summed E-state index contributed by atoms with van der Waals surface area (Å²) in [5, 5.41) is 0.442. The standard InChI is InChI=1S/C8H16OS/c1-7-4-3-5-10(9)8(2)6-7/h7-8H,3-6H2,1-2H3. The summed E-state index contributed by atoms with van der Waals surface area (Å²) in [6, 6.07) is 0. The van der Waals surface area contributed by atoms with Crippen molar-refractivity contribution in [1.29, 1.82) is 0 Å². The molecule has 0 aromatic heterocycles. The average molecular weight is 160 g/mol. The first-order valence-electron chi connectivity index (χ1n) is 4.07. The molecule has 1 aliphatic rings. The van der Waals surface area contributed by atoms with Crippen LogP contribution in [-0.4, -0.2) is 15.2 Å². The predicted octanol–water partition coefficient (Wildman–Crippen LogP) is 1.94. The molecule has 1 aliphatic heterocycles. The SMILES string of the molecule is CC1CCCS(=O)C(C)C1. The molecule has 3 atom stereocenters. The van der Waals surface area contributed by atoms with E-state index in [0.29, 0.717) is 5.25 Å². The minimum Gasteiger partial charge on any atom is -0.259 e. The number of rotatable bonds is 0. The van der Waals surface area contributed by atoms with E-state index in [1.165, 1.54) is 6.42 Å². The molecule has 0 radical (unpaired) electrons. The van der Waals surface area contributed by atoms with Crippen molar-refractivity contribution in [3.05, 3.63) is 0 Å². The molecule has 1 nitrogen and oxygen atoms in total. The van der Waals surface area contributed by atoms with Crippen LogP contribution in [-0.2, 0) is 10.8 Å². The van der Waals surface area contributed by atoms with E-state index in [1.807, 2.05) is 0 Å². The van der Waals surface area contributed by atoms with E-state index in [1.54, 1.807) is 0 Å². The Labute approximate surface area is 65.7 Å². The van der Waals surface area contributed by atoms with Crippen molar-refractivity contribution in [1.82, 2.24) is 0 Å². The van der Waals surface area contributed by atoms with Crippen molar-refractivity contribution in [2.45, 2.75) is 38.4 Å². The van der Waals surface area contributed by atoms with Crippen LogP contribution in [0.5, 0.6) is 0 Å². The molecule has 0 aromatic carbocycles. The minimum absolute atomic E-state index is 0.442. The van der Waals surface area contributed by atoms with Gasteiger partial charge >= 0.3 is 0 Å². The fraction of sp³-hybridized carbons (Fsp3) is 1.00. The first-order valence-corrected chi connectivity index (χ1v) is 5.45. The molecule has 0 amide bonds. The van der Waals surface area contributed by atoms with Gasteiger partial charge in [-0.25, -0.2) is 0 Å². The summed E-state index contributed by atoms with van der Waals surface area (Å²) in [5.74, 6) is 1.73. The van der Waals surface area contributed by atoms with Gasteiger partial charge in [0.25, 0.3) is 0 Å². The van der Waals surface area contributed by atoms with Crippen LogP contribution in [0.2, 0.25) is 0 Å². The molecular formula is C8H16OS. The van der Waals surface area contributed by atoms with Crippen molar-refractivity contribution in [2.24, 2.45) is 5.92 Å². The van der Waals surface area contributed by atoms with E-state index in [-0.39, 0.29) is 0 Å². The highest BCUT2D eigenvalue weighted by molar-refractivity contribution is 7.85. The first-order chi connectivity index (χ1) is 4.70. The fourth-order valence-electron chi connectivity index (χ4n) is 1.57. The Morgan fingerprint density at radius 2 is 2.10 bits per heavy atom. The third-order valence-corrected chi connectivity index (χ3v) is 4.01. The fourth-order valence-corrected chi connectivity index (χ4v) is 2.96. The summed E-state index contributed by atoms with van der Waals surface area (Å²) in [6.45, 7) is 4.37. The maximum Gasteiger partial charge on any atom is 0.0322 e. The summed E-state index contributed by atoms with van der Waals surface area (Å²) in [7, 11) is -0.523. The van der Waals surface area contributed by atoms with Gasteiger partial charge in [-0.1, -0.05) is 13.8 Å². The molecule has 0 aliphatic carbocycles. The zero-order chi connectivity index (χ0) is 7.56. The molecule has 1 rings (SSSR count). The van der Waals surface area contributed by atoms with E-state index in [0.717, 1.165) is 24.5 Å². The van der Waals surface area contributed by atoms with Gasteiger partial charge in [-0.15, -0.1) is 0 Å². The summed E-state index contributed by atoms with van der Waals surface area (Å²) >= 11 is 0. The number of hydrogen-bond donors (Lipinski definition) is 0. The summed E-state index contributed by atoms with van der Waals surface area (Å²) in [6.07, 6.45) is 3.60. The second-order valence-electron chi connectivity index (χ2n) is 3.38. The molecule has 0 saturated carbocycles. The van der Waals surface area contributed by atoms with Crippen LogP contribution < -0.4 is 0 Å². The molecule has 0 aromatic rings. The largest absolute Gasteiger partial charge is 0.259 e. The zero-order valence-corrected chi connectivity index (χ0v) is 7.62. The Morgan fingerprint density at radius 3 is 2.80 bits per heavy atom. The van der Waals surface area contributed by atoms with E-state index in [9.17, 15) is 4.21 Å². The van der Waals surface area contributed by atoms with Crippen LogP contribution in [0.4, 0.5) is 0 Å². The predicted molar refractivity (Wildman–Crippen MR) is 45.5 cm³/mol. The maximum atomic E-state index is 11.3. The Hall–Kier alpha value is 0.150.